The van der Waals surface area contributed by atoms with Gasteiger partial charge in [0.1, 0.15) is 0 Å². The average molecular weight is 535 g/mol. The van der Waals surface area contributed by atoms with Gasteiger partial charge in [0.2, 0.25) is 0 Å². The van der Waals surface area contributed by atoms with E-state index in [2.05, 4.69) is 20.9 Å². The zero-order valence-corrected chi connectivity index (χ0v) is 20.3. The second-order valence-electron chi connectivity index (χ2n) is 7.80. The van der Waals surface area contributed by atoms with Gasteiger partial charge in [0, 0.05) is 6.54 Å². The monoisotopic (exact) mass is 534 g/mol. The molecule has 7 nitrogen and oxygen atoms in total. The summed E-state index contributed by atoms with van der Waals surface area (Å²) in [6.07, 6.45) is 1.57. The Bertz CT molecular complexity index is 1600. The van der Waals surface area contributed by atoms with Crippen LogP contribution in [0.15, 0.2) is 92.5 Å². The third-order valence-corrected chi connectivity index (χ3v) is 7.18. The van der Waals surface area contributed by atoms with Gasteiger partial charge in [0.25, 0.3) is 5.56 Å². The third kappa shape index (κ3) is 4.32. The molecule has 0 amide bonds. The molecular weight excluding hydrogens is 516 g/mol. The first kappa shape index (κ1) is 22.2. The zero-order valence-electron chi connectivity index (χ0n) is 17.9. The van der Waals surface area contributed by atoms with Gasteiger partial charge in [-0.25, -0.2) is 9.78 Å². The predicted molar refractivity (Wildman–Crippen MR) is 136 cm³/mol. The molecule has 0 radical (unpaired) electrons. The molecule has 0 aliphatic rings. The zero-order chi connectivity index (χ0) is 23.7. The van der Waals surface area contributed by atoms with Crippen LogP contribution in [0.25, 0.3) is 11.2 Å². The Kier molecular flexibility index (Phi) is 6.12. The van der Waals surface area contributed by atoms with Crippen LogP contribution in [0, 0.1) is 0 Å². The molecule has 2 aromatic carbocycles. The van der Waals surface area contributed by atoms with E-state index in [0.29, 0.717) is 22.6 Å². The molecule has 5 aromatic rings. The van der Waals surface area contributed by atoms with Crippen LogP contribution >= 0.6 is 27.3 Å². The topological polar surface area (TPSA) is 78.9 Å². The van der Waals surface area contributed by atoms with Crippen molar-refractivity contribution in [3.05, 3.63) is 120 Å². The van der Waals surface area contributed by atoms with Crippen molar-refractivity contribution in [2.24, 2.45) is 0 Å². The second-order valence-corrected chi connectivity index (χ2v) is 10.3. The summed E-state index contributed by atoms with van der Waals surface area (Å²) in [6, 6.07) is 22.6. The largest absolute Gasteiger partial charge is 0.333 e. The fourth-order valence-corrected chi connectivity index (χ4v) is 5.19. The van der Waals surface area contributed by atoms with Crippen molar-refractivity contribution in [2.45, 2.75) is 19.6 Å². The number of fused-ring (bicyclic) bond motifs is 1. The van der Waals surface area contributed by atoms with Crippen molar-refractivity contribution >= 4 is 44.2 Å². The first-order valence-corrected chi connectivity index (χ1v) is 12.2. The summed E-state index contributed by atoms with van der Waals surface area (Å²) >= 11 is 4.62. The number of hydrogen-bond acceptors (Lipinski definition) is 5. The van der Waals surface area contributed by atoms with Gasteiger partial charge in [-0.2, -0.15) is 0 Å². The lowest BCUT2D eigenvalue weighted by Crippen LogP contribution is -2.42. The van der Waals surface area contributed by atoms with Gasteiger partial charge in [0.05, 0.1) is 28.1 Å². The average Bonchev–Trinajstić information content (AvgIpc) is 3.47. The normalized spacial score (nSPS) is 11.2. The second kappa shape index (κ2) is 9.36. The number of thiophene rings is 1. The van der Waals surface area contributed by atoms with Crippen LogP contribution < -0.4 is 11.2 Å². The molecule has 0 bridgehead atoms. The summed E-state index contributed by atoms with van der Waals surface area (Å²) in [4.78, 5) is 44.8. The van der Waals surface area contributed by atoms with E-state index in [0.717, 1.165) is 19.5 Å². The molecule has 0 aliphatic carbocycles. The van der Waals surface area contributed by atoms with E-state index in [1.165, 1.54) is 15.9 Å². The van der Waals surface area contributed by atoms with Crippen LogP contribution in [-0.4, -0.2) is 24.5 Å². The van der Waals surface area contributed by atoms with Gasteiger partial charge in [-0.15, -0.1) is 11.3 Å². The lowest BCUT2D eigenvalue weighted by atomic mass is 10.2. The highest BCUT2D eigenvalue weighted by Gasteiger charge is 2.21. The van der Waals surface area contributed by atoms with Gasteiger partial charge in [0.15, 0.2) is 16.9 Å². The summed E-state index contributed by atoms with van der Waals surface area (Å²) in [5.41, 5.74) is 1.39. The number of carbonyl (C=O) groups is 1. The van der Waals surface area contributed by atoms with Gasteiger partial charge >= 0.3 is 5.69 Å². The van der Waals surface area contributed by atoms with Crippen molar-refractivity contribution in [1.29, 1.82) is 0 Å². The molecule has 0 spiro atoms. The first-order chi connectivity index (χ1) is 16.5. The van der Waals surface area contributed by atoms with Crippen LogP contribution in [0.1, 0.15) is 20.8 Å². The smallest absolute Gasteiger partial charge is 0.320 e. The molecule has 0 fully saturated rings. The summed E-state index contributed by atoms with van der Waals surface area (Å²) in [5.74, 6) is -0.297. The van der Waals surface area contributed by atoms with Crippen LogP contribution in [0.4, 0.5) is 0 Å². The Morgan fingerprint density at radius 2 is 1.50 bits per heavy atom. The van der Waals surface area contributed by atoms with Gasteiger partial charge in [-0.3, -0.25) is 18.7 Å². The van der Waals surface area contributed by atoms with Crippen molar-refractivity contribution in [3.8, 4) is 0 Å². The van der Waals surface area contributed by atoms with E-state index in [-0.39, 0.29) is 18.9 Å². The standard InChI is InChI=1S/C25H19BrN4O3S/c26-21-12-11-20(34-21)19(31)15-30-24(32)22-23(27-16-28(22)13-17-7-3-1-4-8-17)29(25(30)33)14-18-9-5-2-6-10-18/h1-12,16H,13-15H2. The van der Waals surface area contributed by atoms with Crippen molar-refractivity contribution in [3.63, 3.8) is 0 Å². The molecular formula is C25H19BrN4O3S. The predicted octanol–water partition coefficient (Wildman–Crippen LogP) is 4.16. The molecule has 0 saturated carbocycles. The number of Topliss-reactive ketones (excluding diaryl/α,β-unsaturated/α-hetero) is 1. The maximum Gasteiger partial charge on any atom is 0.333 e. The van der Waals surface area contributed by atoms with Gasteiger partial charge < -0.3 is 4.57 Å². The Hall–Kier alpha value is -3.56. The minimum absolute atomic E-state index is 0.234. The van der Waals surface area contributed by atoms with E-state index in [1.54, 1.807) is 23.0 Å². The maximum absolute atomic E-state index is 13.5. The highest BCUT2D eigenvalue weighted by atomic mass is 79.9. The van der Waals surface area contributed by atoms with Crippen molar-refractivity contribution < 1.29 is 4.79 Å². The lowest BCUT2D eigenvalue weighted by Gasteiger charge is -2.12. The van der Waals surface area contributed by atoms with Gasteiger partial charge in [-0.1, -0.05) is 60.7 Å². The highest BCUT2D eigenvalue weighted by molar-refractivity contribution is 9.11. The Balaban J connectivity index is 1.66. The van der Waals surface area contributed by atoms with E-state index >= 15 is 0 Å². The third-order valence-electron chi connectivity index (χ3n) is 5.51. The van der Waals surface area contributed by atoms with Crippen LogP contribution in [-0.2, 0) is 19.6 Å². The number of imidazole rings is 1. The number of halogens is 1. The van der Waals surface area contributed by atoms with Gasteiger partial charge in [-0.05, 0) is 39.2 Å². The maximum atomic E-state index is 13.5. The SMILES string of the molecule is O=C(Cn1c(=O)c2c(ncn2Cc2ccccc2)n(Cc2ccccc2)c1=O)c1ccc(Br)s1. The summed E-state index contributed by atoms with van der Waals surface area (Å²) < 4.78 is 5.02. The fourth-order valence-electron chi connectivity index (χ4n) is 3.87. The molecule has 34 heavy (non-hydrogen) atoms. The number of carbonyl (C=O) groups excluding carboxylic acids is 1. The number of hydrogen-bond donors (Lipinski definition) is 0. The number of nitrogens with zero attached hydrogens (tertiary/aromatic N) is 4. The molecule has 5 rings (SSSR count). The molecule has 0 aliphatic heterocycles. The molecule has 0 saturated heterocycles. The van der Waals surface area contributed by atoms with E-state index in [1.807, 2.05) is 60.7 Å². The fraction of sp³-hybridized carbons (Fsp3) is 0.120. The van der Waals surface area contributed by atoms with E-state index in [4.69, 9.17) is 0 Å². The number of aromatic nitrogens is 4. The molecule has 0 unspecified atom stereocenters. The number of rotatable bonds is 7. The van der Waals surface area contributed by atoms with E-state index < -0.39 is 11.2 Å². The summed E-state index contributed by atoms with van der Waals surface area (Å²) in [7, 11) is 0. The van der Waals surface area contributed by atoms with Crippen LogP contribution in [0.2, 0.25) is 0 Å². The van der Waals surface area contributed by atoms with E-state index in [9.17, 15) is 14.4 Å². The quantitative estimate of drug-likeness (QED) is 0.293. The molecule has 0 N–H and O–H groups in total. The Morgan fingerprint density at radius 1 is 0.853 bits per heavy atom. The van der Waals surface area contributed by atoms with Crippen LogP contribution in [0.3, 0.4) is 0 Å². The molecule has 9 heteroatoms. The number of benzene rings is 2. The minimum atomic E-state index is -0.560. The van der Waals surface area contributed by atoms with Crippen molar-refractivity contribution in [1.82, 2.24) is 18.7 Å². The molecule has 3 aromatic heterocycles. The first-order valence-electron chi connectivity index (χ1n) is 10.6. The lowest BCUT2D eigenvalue weighted by molar-refractivity contribution is 0.0972. The Labute approximate surface area is 206 Å². The molecule has 0 atom stereocenters. The molecule has 3 heterocycles. The van der Waals surface area contributed by atoms with Crippen LogP contribution in [0.5, 0.6) is 0 Å². The molecule has 170 valence electrons. The Morgan fingerprint density at radius 3 is 2.12 bits per heavy atom. The summed E-state index contributed by atoms with van der Waals surface area (Å²) in [6.45, 7) is 0.311. The number of ketones is 1. The minimum Gasteiger partial charge on any atom is -0.320 e. The summed E-state index contributed by atoms with van der Waals surface area (Å²) in [5, 5.41) is 0. The highest BCUT2D eigenvalue weighted by Crippen LogP contribution is 2.22. The van der Waals surface area contributed by atoms with Crippen molar-refractivity contribution in [2.75, 3.05) is 0 Å².